The number of aliphatic imine (C=N–C) groups is 1. The molecule has 1 N–H and O–H groups in total. The van der Waals surface area contributed by atoms with Gasteiger partial charge in [0.1, 0.15) is 0 Å². The van der Waals surface area contributed by atoms with E-state index in [1.54, 1.807) is 6.34 Å². The number of nitrogens with zero attached hydrogens (tertiary/aromatic N) is 1. The van der Waals surface area contributed by atoms with E-state index >= 15 is 0 Å². The van der Waals surface area contributed by atoms with Crippen molar-refractivity contribution in [1.29, 1.82) is 0 Å². The highest BCUT2D eigenvalue weighted by Gasteiger charge is 2.36. The predicted molar refractivity (Wildman–Crippen MR) is 84.5 cm³/mol. The topological polar surface area (TPSA) is 33.6 Å². The zero-order valence-corrected chi connectivity index (χ0v) is 14.0. The Kier molecular flexibility index (Phi) is 6.33. The third-order valence-electron chi connectivity index (χ3n) is 3.81. The molecule has 1 aromatic rings. The van der Waals surface area contributed by atoms with Crippen molar-refractivity contribution in [3.8, 4) is 0 Å². The van der Waals surface area contributed by atoms with Crippen molar-refractivity contribution in [2.45, 2.75) is 38.7 Å². The summed E-state index contributed by atoms with van der Waals surface area (Å²) in [5, 5.41) is 3.01. The molecule has 3 nitrogen and oxygen atoms in total. The first-order chi connectivity index (χ1) is 12.1. The summed E-state index contributed by atoms with van der Waals surface area (Å²) in [6.45, 7) is 2.43. The molecule has 9 heteroatoms. The number of hydrogen-bond acceptors (Lipinski definition) is 3. The fourth-order valence-electron chi connectivity index (χ4n) is 2.45. The Balaban J connectivity index is 1.94. The summed E-state index contributed by atoms with van der Waals surface area (Å²) >= 11 is 0. The maximum atomic E-state index is 12.8. The van der Waals surface area contributed by atoms with E-state index < -0.39 is 23.5 Å². The van der Waals surface area contributed by atoms with Gasteiger partial charge in [-0.1, -0.05) is 0 Å². The van der Waals surface area contributed by atoms with Crippen molar-refractivity contribution in [1.82, 2.24) is 5.32 Å². The van der Waals surface area contributed by atoms with Gasteiger partial charge < -0.3 is 10.1 Å². The van der Waals surface area contributed by atoms with E-state index in [0.29, 0.717) is 31.5 Å². The Morgan fingerprint density at radius 1 is 1.04 bits per heavy atom. The Hall–Kier alpha value is -2.03. The van der Waals surface area contributed by atoms with Gasteiger partial charge in [-0.3, -0.25) is 4.99 Å². The molecule has 0 bridgehead atoms. The predicted octanol–water partition coefficient (Wildman–Crippen LogP) is 4.93. The van der Waals surface area contributed by atoms with Crippen LogP contribution in [0.5, 0.6) is 0 Å². The second-order valence-corrected chi connectivity index (χ2v) is 5.94. The number of ether oxygens (including phenoxy) is 1. The van der Waals surface area contributed by atoms with Gasteiger partial charge in [-0.25, -0.2) is 0 Å². The number of allylic oxidation sites excluding steroid dienone is 1. The van der Waals surface area contributed by atoms with Crippen molar-refractivity contribution in [3.05, 3.63) is 46.2 Å². The summed E-state index contributed by atoms with van der Waals surface area (Å²) in [4.78, 5) is 4.04. The summed E-state index contributed by atoms with van der Waals surface area (Å²) in [6.07, 6.45) is -6.88. The van der Waals surface area contributed by atoms with E-state index in [1.807, 2.05) is 6.92 Å². The van der Waals surface area contributed by atoms with E-state index in [2.05, 4.69) is 10.3 Å². The highest BCUT2D eigenvalue weighted by atomic mass is 19.4. The third-order valence-corrected chi connectivity index (χ3v) is 3.81. The smallest absolute Gasteiger partial charge is 0.377 e. The van der Waals surface area contributed by atoms with Gasteiger partial charge in [-0.15, -0.1) is 0 Å². The maximum absolute atomic E-state index is 12.8. The lowest BCUT2D eigenvalue weighted by Gasteiger charge is -2.15. The van der Waals surface area contributed by atoms with Gasteiger partial charge >= 0.3 is 12.4 Å². The van der Waals surface area contributed by atoms with Crippen molar-refractivity contribution >= 4 is 6.34 Å². The zero-order chi connectivity index (χ0) is 19.4. The van der Waals surface area contributed by atoms with Crippen LogP contribution in [0, 0.1) is 0 Å². The van der Waals surface area contributed by atoms with E-state index in [1.165, 1.54) is 0 Å². The van der Waals surface area contributed by atoms with E-state index in [4.69, 9.17) is 4.74 Å². The largest absolute Gasteiger partial charge is 0.416 e. The quantitative estimate of drug-likeness (QED) is 0.561. The lowest BCUT2D eigenvalue weighted by molar-refractivity contribution is -0.143. The standard InChI is InChI=1S/C17H18F6N2O/c1-11-8-24-10-25-15(11)3-2-4-26-9-12-5-13(16(18,19)20)7-14(6-12)17(21,22)23/h5-7,10H,2-4,8-9H2,1H3,(H,24,25). The molecule has 144 valence electrons. The van der Waals surface area contributed by atoms with Gasteiger partial charge in [0, 0.05) is 12.3 Å². The minimum atomic E-state index is -4.85. The molecule has 1 aromatic carbocycles. The molecular formula is C17H18F6N2O. The molecule has 2 rings (SSSR count). The fourth-order valence-corrected chi connectivity index (χ4v) is 2.45. The molecule has 0 amide bonds. The summed E-state index contributed by atoms with van der Waals surface area (Å²) in [6, 6.07) is 1.47. The first-order valence-electron chi connectivity index (χ1n) is 7.87. The average Bonchev–Trinajstić information content (AvgIpc) is 2.54. The SMILES string of the molecule is CC1=C(CCCOCc2cc(C(F)(F)F)cc(C(F)(F)F)c2)NC=NC1. The van der Waals surface area contributed by atoms with Crippen LogP contribution in [-0.2, 0) is 23.7 Å². The second-order valence-electron chi connectivity index (χ2n) is 5.94. The molecule has 0 saturated heterocycles. The molecule has 0 radical (unpaired) electrons. The van der Waals surface area contributed by atoms with Gasteiger partial charge in [-0.05, 0) is 49.1 Å². The first kappa shape index (κ1) is 20.3. The highest BCUT2D eigenvalue weighted by molar-refractivity contribution is 5.59. The zero-order valence-electron chi connectivity index (χ0n) is 14.0. The summed E-state index contributed by atoms with van der Waals surface area (Å²) in [5.41, 5.74) is -0.748. The Labute approximate surface area is 146 Å². The highest BCUT2D eigenvalue weighted by Crippen LogP contribution is 2.36. The Morgan fingerprint density at radius 3 is 2.19 bits per heavy atom. The molecule has 0 atom stereocenters. The molecule has 0 aliphatic carbocycles. The van der Waals surface area contributed by atoms with Crippen LogP contribution < -0.4 is 5.32 Å². The molecule has 0 saturated carbocycles. The minimum Gasteiger partial charge on any atom is -0.377 e. The minimum absolute atomic E-state index is 0.106. The molecule has 26 heavy (non-hydrogen) atoms. The number of halogens is 6. The van der Waals surface area contributed by atoms with E-state index in [0.717, 1.165) is 11.3 Å². The van der Waals surface area contributed by atoms with Crippen LogP contribution in [0.15, 0.2) is 34.5 Å². The van der Waals surface area contributed by atoms with Gasteiger partial charge in [0.15, 0.2) is 0 Å². The number of nitrogens with one attached hydrogen (secondary N) is 1. The maximum Gasteiger partial charge on any atom is 0.416 e. The van der Waals surface area contributed by atoms with Crippen LogP contribution in [0.25, 0.3) is 0 Å². The summed E-state index contributed by atoms with van der Waals surface area (Å²) in [5.74, 6) is 0. The summed E-state index contributed by atoms with van der Waals surface area (Å²) in [7, 11) is 0. The molecule has 0 spiro atoms. The first-order valence-corrected chi connectivity index (χ1v) is 7.87. The molecule has 1 heterocycles. The number of benzene rings is 1. The normalized spacial score (nSPS) is 15.3. The lowest BCUT2D eigenvalue weighted by Crippen LogP contribution is -2.18. The van der Waals surface area contributed by atoms with Crippen molar-refractivity contribution < 1.29 is 31.1 Å². The van der Waals surface area contributed by atoms with Crippen LogP contribution in [-0.4, -0.2) is 19.5 Å². The van der Waals surface area contributed by atoms with Crippen LogP contribution in [0.1, 0.15) is 36.5 Å². The third kappa shape index (κ3) is 5.76. The van der Waals surface area contributed by atoms with E-state index in [9.17, 15) is 26.3 Å². The second kappa shape index (κ2) is 8.11. The van der Waals surface area contributed by atoms with Gasteiger partial charge in [0.2, 0.25) is 0 Å². The van der Waals surface area contributed by atoms with Gasteiger partial charge in [0.05, 0.1) is 30.6 Å². The fraction of sp³-hybridized carbons (Fsp3) is 0.471. The van der Waals surface area contributed by atoms with Crippen LogP contribution >= 0.6 is 0 Å². The van der Waals surface area contributed by atoms with Gasteiger partial charge in [-0.2, -0.15) is 26.3 Å². The van der Waals surface area contributed by atoms with Crippen LogP contribution in [0.4, 0.5) is 26.3 Å². The number of hydrogen-bond donors (Lipinski definition) is 1. The number of alkyl halides is 6. The Morgan fingerprint density at radius 2 is 1.65 bits per heavy atom. The average molecular weight is 380 g/mol. The van der Waals surface area contributed by atoms with Gasteiger partial charge in [0.25, 0.3) is 0 Å². The van der Waals surface area contributed by atoms with Crippen molar-refractivity contribution in [3.63, 3.8) is 0 Å². The number of rotatable bonds is 6. The van der Waals surface area contributed by atoms with Crippen molar-refractivity contribution in [2.75, 3.05) is 13.2 Å². The lowest BCUT2D eigenvalue weighted by atomic mass is 10.1. The molecular weight excluding hydrogens is 362 g/mol. The molecule has 0 fully saturated rings. The van der Waals surface area contributed by atoms with Crippen LogP contribution in [0.3, 0.4) is 0 Å². The molecule has 1 aliphatic heterocycles. The van der Waals surface area contributed by atoms with Crippen LogP contribution in [0.2, 0.25) is 0 Å². The monoisotopic (exact) mass is 380 g/mol. The van der Waals surface area contributed by atoms with E-state index in [-0.39, 0.29) is 24.8 Å². The molecule has 0 unspecified atom stereocenters. The summed E-state index contributed by atoms with van der Waals surface area (Å²) < 4.78 is 82.0. The Bertz CT molecular complexity index is 659. The molecule has 0 aromatic heterocycles. The van der Waals surface area contributed by atoms with Crippen molar-refractivity contribution in [2.24, 2.45) is 4.99 Å². The molecule has 1 aliphatic rings.